The van der Waals surface area contributed by atoms with Gasteiger partial charge in [-0.2, -0.15) is 0 Å². The lowest BCUT2D eigenvalue weighted by Crippen LogP contribution is -2.44. The van der Waals surface area contributed by atoms with E-state index >= 15 is 0 Å². The van der Waals surface area contributed by atoms with Gasteiger partial charge in [0.2, 0.25) is 0 Å². The minimum atomic E-state index is 0.361. The van der Waals surface area contributed by atoms with E-state index in [0.717, 1.165) is 43.5 Å². The summed E-state index contributed by atoms with van der Waals surface area (Å²) in [5, 5.41) is 3.96. The van der Waals surface area contributed by atoms with Crippen molar-refractivity contribution in [2.75, 3.05) is 24.5 Å². The van der Waals surface area contributed by atoms with Gasteiger partial charge in [0.15, 0.2) is 0 Å². The topological polar surface area (TPSA) is 58.0 Å². The second-order valence-corrected chi connectivity index (χ2v) is 7.92. The number of anilines is 1. The SMILES string of the molecule is CCN(Cc1cnns1)C1CCN(c2cc(C)nc(C(C)C)n2)CC1. The highest BCUT2D eigenvalue weighted by molar-refractivity contribution is 7.05. The highest BCUT2D eigenvalue weighted by Crippen LogP contribution is 2.24. The van der Waals surface area contributed by atoms with Crippen molar-refractivity contribution in [2.24, 2.45) is 0 Å². The summed E-state index contributed by atoms with van der Waals surface area (Å²) in [6.45, 7) is 12.7. The molecule has 1 saturated heterocycles. The van der Waals surface area contributed by atoms with E-state index in [0.29, 0.717) is 12.0 Å². The first-order chi connectivity index (χ1) is 12.1. The highest BCUT2D eigenvalue weighted by Gasteiger charge is 2.25. The van der Waals surface area contributed by atoms with E-state index in [9.17, 15) is 0 Å². The van der Waals surface area contributed by atoms with Crippen molar-refractivity contribution in [3.8, 4) is 0 Å². The maximum atomic E-state index is 4.79. The minimum absolute atomic E-state index is 0.361. The normalized spacial score (nSPS) is 16.2. The number of piperidine rings is 1. The molecular weight excluding hydrogens is 332 g/mol. The van der Waals surface area contributed by atoms with Gasteiger partial charge in [0.25, 0.3) is 0 Å². The fraction of sp³-hybridized carbons (Fsp3) is 0.667. The zero-order valence-corrected chi connectivity index (χ0v) is 16.5. The third-order valence-corrected chi connectivity index (χ3v) is 5.50. The summed E-state index contributed by atoms with van der Waals surface area (Å²) in [5.74, 6) is 2.40. The lowest BCUT2D eigenvalue weighted by atomic mass is 10.0. The zero-order valence-electron chi connectivity index (χ0n) is 15.6. The monoisotopic (exact) mass is 360 g/mol. The second kappa shape index (κ2) is 8.19. The Morgan fingerprint density at radius 2 is 2.04 bits per heavy atom. The Hall–Kier alpha value is -1.60. The first-order valence-corrected chi connectivity index (χ1v) is 9.95. The van der Waals surface area contributed by atoms with Gasteiger partial charge < -0.3 is 4.90 Å². The molecule has 6 nitrogen and oxygen atoms in total. The van der Waals surface area contributed by atoms with Crippen LogP contribution >= 0.6 is 11.5 Å². The molecule has 2 aromatic rings. The van der Waals surface area contributed by atoms with E-state index in [1.807, 2.05) is 6.20 Å². The molecule has 0 bridgehead atoms. The fourth-order valence-corrected chi connectivity index (χ4v) is 3.93. The van der Waals surface area contributed by atoms with Gasteiger partial charge in [-0.3, -0.25) is 4.90 Å². The Morgan fingerprint density at radius 3 is 2.64 bits per heavy atom. The summed E-state index contributed by atoms with van der Waals surface area (Å²) in [5.41, 5.74) is 1.06. The number of rotatable bonds is 6. The predicted molar refractivity (Wildman–Crippen MR) is 102 cm³/mol. The summed E-state index contributed by atoms with van der Waals surface area (Å²) < 4.78 is 3.98. The maximum absolute atomic E-state index is 4.79. The van der Waals surface area contributed by atoms with Crippen LogP contribution in [0.3, 0.4) is 0 Å². The quantitative estimate of drug-likeness (QED) is 0.788. The highest BCUT2D eigenvalue weighted by atomic mass is 32.1. The second-order valence-electron chi connectivity index (χ2n) is 7.05. The molecule has 0 spiro atoms. The molecule has 1 aliphatic rings. The summed E-state index contributed by atoms with van der Waals surface area (Å²) in [4.78, 5) is 15.6. The van der Waals surface area contributed by atoms with Crippen LogP contribution < -0.4 is 4.90 Å². The molecule has 3 rings (SSSR count). The van der Waals surface area contributed by atoms with E-state index in [1.54, 1.807) is 0 Å². The Kier molecular flexibility index (Phi) is 5.96. The third-order valence-electron chi connectivity index (χ3n) is 4.85. The lowest BCUT2D eigenvalue weighted by molar-refractivity contribution is 0.170. The van der Waals surface area contributed by atoms with Gasteiger partial charge in [-0.25, -0.2) is 9.97 Å². The van der Waals surface area contributed by atoms with Crippen LogP contribution in [-0.2, 0) is 6.54 Å². The summed E-state index contributed by atoms with van der Waals surface area (Å²) in [7, 11) is 0. The number of hydrogen-bond donors (Lipinski definition) is 0. The molecule has 1 aliphatic heterocycles. The first kappa shape index (κ1) is 18.2. The standard InChI is InChI=1S/C18H28N6S/c1-5-23(12-16-11-19-22-25-16)15-6-8-24(9-7-15)17-10-14(4)20-18(21-17)13(2)3/h10-11,13,15H,5-9,12H2,1-4H3. The summed E-state index contributed by atoms with van der Waals surface area (Å²) in [6.07, 6.45) is 4.22. The fourth-order valence-electron chi connectivity index (χ4n) is 3.41. The molecule has 0 aliphatic carbocycles. The van der Waals surface area contributed by atoms with Crippen LogP contribution in [0.4, 0.5) is 5.82 Å². The van der Waals surface area contributed by atoms with E-state index < -0.39 is 0 Å². The van der Waals surface area contributed by atoms with E-state index in [2.05, 4.69) is 58.1 Å². The zero-order chi connectivity index (χ0) is 17.8. The molecule has 0 amide bonds. The van der Waals surface area contributed by atoms with Crippen LogP contribution in [0.25, 0.3) is 0 Å². The Morgan fingerprint density at radius 1 is 1.28 bits per heavy atom. The molecule has 3 heterocycles. The molecule has 0 unspecified atom stereocenters. The van der Waals surface area contributed by atoms with E-state index in [1.165, 1.54) is 29.3 Å². The van der Waals surface area contributed by atoms with Crippen LogP contribution in [0.5, 0.6) is 0 Å². The molecule has 0 aromatic carbocycles. The van der Waals surface area contributed by atoms with Gasteiger partial charge in [0, 0.05) is 43.4 Å². The number of nitrogens with zero attached hydrogens (tertiary/aromatic N) is 6. The maximum Gasteiger partial charge on any atom is 0.133 e. The van der Waals surface area contributed by atoms with Crippen molar-refractivity contribution in [2.45, 2.75) is 59.0 Å². The van der Waals surface area contributed by atoms with Crippen LogP contribution in [0.2, 0.25) is 0 Å². The van der Waals surface area contributed by atoms with Gasteiger partial charge >= 0.3 is 0 Å². The van der Waals surface area contributed by atoms with Crippen LogP contribution in [0.1, 0.15) is 55.9 Å². The van der Waals surface area contributed by atoms with Crippen molar-refractivity contribution in [1.29, 1.82) is 0 Å². The first-order valence-electron chi connectivity index (χ1n) is 9.17. The molecule has 7 heteroatoms. The predicted octanol–water partition coefficient (Wildman–Crippen LogP) is 3.25. The molecule has 1 fully saturated rings. The molecule has 136 valence electrons. The third kappa shape index (κ3) is 4.52. The molecular formula is C18H28N6S. The number of aromatic nitrogens is 4. The number of hydrogen-bond acceptors (Lipinski definition) is 7. The molecule has 0 radical (unpaired) electrons. The summed E-state index contributed by atoms with van der Waals surface area (Å²) >= 11 is 1.50. The van der Waals surface area contributed by atoms with Gasteiger partial charge in [-0.05, 0) is 37.8 Å². The van der Waals surface area contributed by atoms with E-state index in [-0.39, 0.29) is 0 Å². The Balaban J connectivity index is 1.63. The van der Waals surface area contributed by atoms with Crippen LogP contribution in [0.15, 0.2) is 12.3 Å². The van der Waals surface area contributed by atoms with Gasteiger partial charge in [0.05, 0.1) is 11.1 Å². The van der Waals surface area contributed by atoms with Gasteiger partial charge in [-0.1, -0.05) is 25.3 Å². The lowest BCUT2D eigenvalue weighted by Gasteiger charge is -2.38. The Bertz CT molecular complexity index is 664. The van der Waals surface area contributed by atoms with Gasteiger partial charge in [0.1, 0.15) is 11.6 Å². The Labute approximate surface area is 154 Å². The molecule has 0 atom stereocenters. The van der Waals surface area contributed by atoms with Crippen LogP contribution in [0, 0.1) is 6.92 Å². The van der Waals surface area contributed by atoms with E-state index in [4.69, 9.17) is 4.98 Å². The van der Waals surface area contributed by atoms with Crippen molar-refractivity contribution in [1.82, 2.24) is 24.5 Å². The van der Waals surface area contributed by atoms with Crippen molar-refractivity contribution < 1.29 is 0 Å². The summed E-state index contributed by atoms with van der Waals surface area (Å²) in [6, 6.07) is 2.74. The molecule has 0 N–H and O–H groups in total. The average molecular weight is 361 g/mol. The minimum Gasteiger partial charge on any atom is -0.356 e. The molecule has 2 aromatic heterocycles. The average Bonchev–Trinajstić information content (AvgIpc) is 3.12. The van der Waals surface area contributed by atoms with Crippen molar-refractivity contribution >= 4 is 17.4 Å². The van der Waals surface area contributed by atoms with Crippen LogP contribution in [-0.4, -0.2) is 50.1 Å². The van der Waals surface area contributed by atoms with Gasteiger partial charge in [-0.15, -0.1) is 5.10 Å². The number of aryl methyl sites for hydroxylation is 1. The van der Waals surface area contributed by atoms with Crippen molar-refractivity contribution in [3.05, 3.63) is 28.7 Å². The largest absolute Gasteiger partial charge is 0.356 e. The smallest absolute Gasteiger partial charge is 0.133 e. The molecule has 0 saturated carbocycles. The van der Waals surface area contributed by atoms with Crippen molar-refractivity contribution in [3.63, 3.8) is 0 Å². The molecule has 25 heavy (non-hydrogen) atoms.